The summed E-state index contributed by atoms with van der Waals surface area (Å²) in [4.78, 5) is 9.45. The fourth-order valence-corrected chi connectivity index (χ4v) is 3.04. The lowest BCUT2D eigenvalue weighted by molar-refractivity contribution is 0.0375. The van der Waals surface area contributed by atoms with Gasteiger partial charge in [-0.2, -0.15) is 0 Å². The van der Waals surface area contributed by atoms with Gasteiger partial charge in [0.1, 0.15) is 5.82 Å². The first-order valence-electron chi connectivity index (χ1n) is 8.10. The molecule has 0 spiro atoms. The number of aromatic nitrogens is 1. The molecular weight excluding hydrogens is 274 g/mol. The molecule has 4 nitrogen and oxygen atoms in total. The van der Waals surface area contributed by atoms with E-state index in [1.54, 1.807) is 0 Å². The second kappa shape index (κ2) is 7.07. The van der Waals surface area contributed by atoms with Gasteiger partial charge < -0.3 is 9.64 Å². The topological polar surface area (TPSA) is 28.6 Å². The van der Waals surface area contributed by atoms with Crippen molar-refractivity contribution in [2.24, 2.45) is 0 Å². The number of aryl methyl sites for hydroxylation is 1. The lowest BCUT2D eigenvalue weighted by Crippen LogP contribution is -2.37. The van der Waals surface area contributed by atoms with Gasteiger partial charge in [0.15, 0.2) is 0 Å². The van der Waals surface area contributed by atoms with Crippen LogP contribution in [0.4, 0.5) is 5.82 Å². The normalized spacial score (nSPS) is 16.1. The maximum atomic E-state index is 5.40. The van der Waals surface area contributed by atoms with E-state index in [-0.39, 0.29) is 0 Å². The zero-order valence-electron chi connectivity index (χ0n) is 13.6. The average molecular weight is 299 g/mol. The fraction of sp³-hybridized carbons (Fsp3) is 0.500. The van der Waals surface area contributed by atoms with Crippen molar-refractivity contribution in [1.29, 1.82) is 0 Å². The molecule has 0 bridgehead atoms. The quantitative estimate of drug-likeness (QED) is 0.848. The van der Waals surface area contributed by atoms with Gasteiger partial charge in [-0.25, -0.2) is 4.98 Å². The highest BCUT2D eigenvalue weighted by Crippen LogP contribution is 2.23. The highest BCUT2D eigenvalue weighted by molar-refractivity contribution is 5.81. The molecule has 0 saturated carbocycles. The van der Waals surface area contributed by atoms with E-state index in [9.17, 15) is 0 Å². The summed E-state index contributed by atoms with van der Waals surface area (Å²) >= 11 is 0. The molecule has 0 amide bonds. The number of hydrogen-bond acceptors (Lipinski definition) is 4. The molecule has 2 heterocycles. The molecule has 1 aliphatic heterocycles. The van der Waals surface area contributed by atoms with Crippen LogP contribution >= 0.6 is 0 Å². The Balaban J connectivity index is 1.72. The summed E-state index contributed by atoms with van der Waals surface area (Å²) in [5.74, 6) is 1.10. The van der Waals surface area contributed by atoms with Crippen molar-refractivity contribution in [3.8, 4) is 0 Å². The van der Waals surface area contributed by atoms with Crippen LogP contribution in [0.3, 0.4) is 0 Å². The van der Waals surface area contributed by atoms with Gasteiger partial charge in [0, 0.05) is 32.6 Å². The minimum absolute atomic E-state index is 0.875. The number of rotatable bonds is 5. The number of nitrogens with zero attached hydrogens (tertiary/aromatic N) is 3. The number of anilines is 1. The van der Waals surface area contributed by atoms with E-state index in [1.807, 2.05) is 6.07 Å². The van der Waals surface area contributed by atoms with Crippen LogP contribution in [-0.4, -0.2) is 56.8 Å². The second-order valence-corrected chi connectivity index (χ2v) is 6.12. The number of para-hydroxylation sites is 1. The van der Waals surface area contributed by atoms with Crippen molar-refractivity contribution >= 4 is 16.7 Å². The maximum absolute atomic E-state index is 5.40. The van der Waals surface area contributed by atoms with Crippen molar-refractivity contribution in [1.82, 2.24) is 9.88 Å². The number of ether oxygens (including phenoxy) is 1. The fourth-order valence-electron chi connectivity index (χ4n) is 3.04. The smallest absolute Gasteiger partial charge is 0.131 e. The first-order valence-corrected chi connectivity index (χ1v) is 8.10. The molecule has 22 heavy (non-hydrogen) atoms. The second-order valence-electron chi connectivity index (χ2n) is 6.12. The van der Waals surface area contributed by atoms with Crippen molar-refractivity contribution in [2.75, 3.05) is 51.8 Å². The average Bonchev–Trinajstić information content (AvgIpc) is 2.55. The standard InChI is InChI=1S/C18H25N3O/c1-20(2)18-16(7-5-9-21-10-12-22-13-11-21)14-15-6-3-4-8-17(15)19-18/h3-4,6,8,14H,5,7,9-13H2,1-2H3. The Morgan fingerprint density at radius 3 is 2.73 bits per heavy atom. The van der Waals surface area contributed by atoms with E-state index in [4.69, 9.17) is 9.72 Å². The van der Waals surface area contributed by atoms with Gasteiger partial charge in [-0.3, -0.25) is 4.90 Å². The summed E-state index contributed by atoms with van der Waals surface area (Å²) in [7, 11) is 4.14. The van der Waals surface area contributed by atoms with Crippen molar-refractivity contribution in [2.45, 2.75) is 12.8 Å². The molecule has 0 N–H and O–H groups in total. The molecule has 0 atom stereocenters. The van der Waals surface area contributed by atoms with E-state index in [0.29, 0.717) is 0 Å². The molecule has 1 fully saturated rings. The molecule has 2 aromatic rings. The highest BCUT2D eigenvalue weighted by atomic mass is 16.5. The number of pyridine rings is 1. The van der Waals surface area contributed by atoms with Gasteiger partial charge in [-0.05, 0) is 37.1 Å². The minimum Gasteiger partial charge on any atom is -0.379 e. The molecule has 118 valence electrons. The van der Waals surface area contributed by atoms with Crippen LogP contribution in [-0.2, 0) is 11.2 Å². The van der Waals surface area contributed by atoms with Crippen LogP contribution in [0, 0.1) is 0 Å². The molecule has 0 radical (unpaired) electrons. The summed E-state index contributed by atoms with van der Waals surface area (Å²) < 4.78 is 5.40. The summed E-state index contributed by atoms with van der Waals surface area (Å²) in [6.07, 6.45) is 2.24. The lowest BCUT2D eigenvalue weighted by atomic mass is 10.1. The van der Waals surface area contributed by atoms with Crippen LogP contribution < -0.4 is 4.90 Å². The predicted molar refractivity (Wildman–Crippen MR) is 91.7 cm³/mol. The number of morpholine rings is 1. The molecule has 0 aliphatic carbocycles. The van der Waals surface area contributed by atoms with Crippen molar-refractivity contribution in [3.63, 3.8) is 0 Å². The van der Waals surface area contributed by atoms with Gasteiger partial charge >= 0.3 is 0 Å². The van der Waals surface area contributed by atoms with E-state index in [2.05, 4.69) is 48.2 Å². The summed E-state index contributed by atoms with van der Waals surface area (Å²) in [6, 6.07) is 10.7. The SMILES string of the molecule is CN(C)c1nc2ccccc2cc1CCCN1CCOCC1. The van der Waals surface area contributed by atoms with Crippen molar-refractivity contribution in [3.05, 3.63) is 35.9 Å². The van der Waals surface area contributed by atoms with E-state index < -0.39 is 0 Å². The summed E-state index contributed by atoms with van der Waals surface area (Å²) in [6.45, 7) is 5.02. The van der Waals surface area contributed by atoms with Gasteiger partial charge in [0.05, 0.1) is 18.7 Å². The maximum Gasteiger partial charge on any atom is 0.131 e. The van der Waals surface area contributed by atoms with Crippen LogP contribution in [0.1, 0.15) is 12.0 Å². The van der Waals surface area contributed by atoms with Crippen molar-refractivity contribution < 1.29 is 4.74 Å². The number of fused-ring (bicyclic) bond motifs is 1. The largest absolute Gasteiger partial charge is 0.379 e. The molecule has 3 rings (SSSR count). The Hall–Kier alpha value is -1.65. The third-order valence-corrected chi connectivity index (χ3v) is 4.23. The monoisotopic (exact) mass is 299 g/mol. The Morgan fingerprint density at radius 2 is 1.95 bits per heavy atom. The van der Waals surface area contributed by atoms with E-state index in [1.165, 1.54) is 17.4 Å². The van der Waals surface area contributed by atoms with Gasteiger partial charge in [-0.15, -0.1) is 0 Å². The third-order valence-electron chi connectivity index (χ3n) is 4.23. The summed E-state index contributed by atoms with van der Waals surface area (Å²) in [5, 5.41) is 1.23. The van der Waals surface area contributed by atoms with Crippen LogP contribution in [0.15, 0.2) is 30.3 Å². The van der Waals surface area contributed by atoms with Gasteiger partial charge in [0.2, 0.25) is 0 Å². The first kappa shape index (κ1) is 15.3. The molecule has 1 aliphatic rings. The highest BCUT2D eigenvalue weighted by Gasteiger charge is 2.12. The van der Waals surface area contributed by atoms with Crippen LogP contribution in [0.25, 0.3) is 10.9 Å². The van der Waals surface area contributed by atoms with E-state index >= 15 is 0 Å². The van der Waals surface area contributed by atoms with E-state index in [0.717, 1.165) is 50.6 Å². The number of benzene rings is 1. The zero-order valence-corrected chi connectivity index (χ0v) is 13.6. The molecule has 1 aromatic carbocycles. The lowest BCUT2D eigenvalue weighted by Gasteiger charge is -2.26. The van der Waals surface area contributed by atoms with Gasteiger partial charge in [0.25, 0.3) is 0 Å². The Labute approximate surface area is 132 Å². The molecule has 1 aromatic heterocycles. The molecule has 0 unspecified atom stereocenters. The van der Waals surface area contributed by atoms with Crippen LogP contribution in [0.2, 0.25) is 0 Å². The Bertz CT molecular complexity index is 621. The molecule has 1 saturated heterocycles. The zero-order chi connectivity index (χ0) is 15.4. The summed E-state index contributed by atoms with van der Waals surface area (Å²) in [5.41, 5.74) is 2.42. The van der Waals surface area contributed by atoms with Gasteiger partial charge in [-0.1, -0.05) is 18.2 Å². The minimum atomic E-state index is 0.875. The first-order chi connectivity index (χ1) is 10.7. The molecular formula is C18H25N3O. The van der Waals surface area contributed by atoms with Crippen LogP contribution in [0.5, 0.6) is 0 Å². The predicted octanol–water partition coefficient (Wildman–Crippen LogP) is 2.57. The Kier molecular flexibility index (Phi) is 4.90. The third kappa shape index (κ3) is 3.57. The Morgan fingerprint density at radius 1 is 1.18 bits per heavy atom. The number of hydrogen-bond donors (Lipinski definition) is 0. The molecule has 4 heteroatoms.